The molecule has 0 bridgehead atoms. The maximum atomic E-state index is 12.6. The van der Waals surface area contributed by atoms with Crippen LogP contribution >= 0.6 is 35.1 Å². The Balaban J connectivity index is 0.00000176. The highest BCUT2D eigenvalue weighted by molar-refractivity contribution is 7.91. The molecule has 2 N–H and O–H groups in total. The molecule has 3 rings (SSSR count). The fourth-order valence-electron chi connectivity index (χ4n) is 2.41. The number of thiophene rings is 1. The molecule has 3 heterocycles. The monoisotopic (exact) mass is 379 g/mol. The van der Waals surface area contributed by atoms with E-state index in [-0.39, 0.29) is 18.3 Å². The number of rotatable bonds is 4. The van der Waals surface area contributed by atoms with Gasteiger partial charge in [0.15, 0.2) is 0 Å². The van der Waals surface area contributed by atoms with E-state index in [4.69, 9.17) is 5.73 Å². The Hall–Kier alpha value is -0.510. The fourth-order valence-corrected chi connectivity index (χ4v) is 6.05. The standard InChI is InChI=1S/C13H17N3O2S3.ClH/c1-9-15-11(8-19-9)12-2-3-13(20-12)21(17,18)16-5-4-10(6-14)7-16;/h2-3,8,10H,4-7,14H2,1H3;1H. The highest BCUT2D eigenvalue weighted by atomic mass is 35.5. The van der Waals surface area contributed by atoms with Crippen molar-refractivity contribution in [3.63, 3.8) is 0 Å². The topological polar surface area (TPSA) is 76.3 Å². The molecule has 0 aromatic carbocycles. The maximum absolute atomic E-state index is 12.6. The number of thiazole rings is 1. The smallest absolute Gasteiger partial charge is 0.252 e. The number of halogens is 1. The van der Waals surface area contributed by atoms with E-state index < -0.39 is 10.0 Å². The van der Waals surface area contributed by atoms with Crippen LogP contribution < -0.4 is 5.73 Å². The van der Waals surface area contributed by atoms with Crippen LogP contribution in [0.5, 0.6) is 0 Å². The van der Waals surface area contributed by atoms with Crippen molar-refractivity contribution < 1.29 is 8.42 Å². The molecule has 1 aliphatic rings. The van der Waals surface area contributed by atoms with E-state index in [0.29, 0.717) is 23.8 Å². The van der Waals surface area contributed by atoms with Crippen LogP contribution in [0.3, 0.4) is 0 Å². The van der Waals surface area contributed by atoms with Crippen LogP contribution in [0.1, 0.15) is 11.4 Å². The lowest BCUT2D eigenvalue weighted by Crippen LogP contribution is -2.29. The van der Waals surface area contributed by atoms with Crippen molar-refractivity contribution in [3.05, 3.63) is 22.5 Å². The number of hydrogen-bond acceptors (Lipinski definition) is 6. The van der Waals surface area contributed by atoms with Gasteiger partial charge in [-0.2, -0.15) is 4.31 Å². The lowest BCUT2D eigenvalue weighted by Gasteiger charge is -2.14. The lowest BCUT2D eigenvalue weighted by atomic mass is 10.1. The van der Waals surface area contributed by atoms with Gasteiger partial charge >= 0.3 is 0 Å². The molecule has 0 aliphatic carbocycles. The minimum absolute atomic E-state index is 0. The average molecular weight is 380 g/mol. The Morgan fingerprint density at radius 1 is 1.45 bits per heavy atom. The third-order valence-electron chi connectivity index (χ3n) is 3.63. The van der Waals surface area contributed by atoms with Crippen LogP contribution in [0.15, 0.2) is 21.7 Å². The number of nitrogens with two attached hydrogens (primary N) is 1. The number of aromatic nitrogens is 1. The van der Waals surface area contributed by atoms with Gasteiger partial charge in [0.1, 0.15) is 4.21 Å². The van der Waals surface area contributed by atoms with Gasteiger partial charge < -0.3 is 5.73 Å². The summed E-state index contributed by atoms with van der Waals surface area (Å²) in [6, 6.07) is 3.52. The van der Waals surface area contributed by atoms with E-state index in [1.807, 2.05) is 18.4 Å². The summed E-state index contributed by atoms with van der Waals surface area (Å²) in [6.07, 6.45) is 0.846. The van der Waals surface area contributed by atoms with E-state index in [1.165, 1.54) is 11.3 Å². The van der Waals surface area contributed by atoms with Gasteiger partial charge in [0.05, 0.1) is 15.6 Å². The number of nitrogens with zero attached hydrogens (tertiary/aromatic N) is 2. The Bertz CT molecular complexity index is 741. The minimum atomic E-state index is -3.39. The maximum Gasteiger partial charge on any atom is 0.252 e. The predicted molar refractivity (Wildman–Crippen MR) is 93.3 cm³/mol. The number of aryl methyl sites for hydroxylation is 1. The van der Waals surface area contributed by atoms with E-state index in [9.17, 15) is 8.42 Å². The third kappa shape index (κ3) is 3.37. The van der Waals surface area contributed by atoms with Crippen LogP contribution in [0.25, 0.3) is 10.6 Å². The van der Waals surface area contributed by atoms with Gasteiger partial charge in [-0.05, 0) is 37.9 Å². The Morgan fingerprint density at radius 3 is 2.82 bits per heavy atom. The van der Waals surface area contributed by atoms with Gasteiger partial charge in [0, 0.05) is 18.5 Å². The molecule has 0 amide bonds. The van der Waals surface area contributed by atoms with Crippen molar-refractivity contribution in [2.24, 2.45) is 11.7 Å². The van der Waals surface area contributed by atoms with Gasteiger partial charge in [0.2, 0.25) is 0 Å². The minimum Gasteiger partial charge on any atom is -0.330 e. The first kappa shape index (κ1) is 17.8. The van der Waals surface area contributed by atoms with Crippen LogP contribution in [-0.4, -0.2) is 37.3 Å². The highest BCUT2D eigenvalue weighted by Gasteiger charge is 2.32. The molecule has 2 aromatic rings. The molecule has 1 unspecified atom stereocenters. The largest absolute Gasteiger partial charge is 0.330 e. The first-order valence-electron chi connectivity index (χ1n) is 6.73. The Labute approximate surface area is 144 Å². The summed E-state index contributed by atoms with van der Waals surface area (Å²) in [5.74, 6) is 0.278. The molecule has 0 spiro atoms. The molecular weight excluding hydrogens is 362 g/mol. The molecule has 122 valence electrons. The zero-order valence-electron chi connectivity index (χ0n) is 12.1. The van der Waals surface area contributed by atoms with Gasteiger partial charge in [-0.3, -0.25) is 0 Å². The summed E-state index contributed by atoms with van der Waals surface area (Å²) in [4.78, 5) is 5.30. The first-order valence-corrected chi connectivity index (χ1v) is 9.87. The average Bonchev–Trinajstić information content (AvgIpc) is 3.18. The second-order valence-corrected chi connectivity index (χ2v) is 9.43. The normalized spacial score (nSPS) is 19.3. The highest BCUT2D eigenvalue weighted by Crippen LogP contribution is 2.34. The van der Waals surface area contributed by atoms with Crippen LogP contribution in [0, 0.1) is 12.8 Å². The molecule has 9 heteroatoms. The molecule has 2 aromatic heterocycles. The summed E-state index contributed by atoms with van der Waals surface area (Å²) in [7, 11) is -3.39. The van der Waals surface area contributed by atoms with Crippen molar-refractivity contribution in [2.45, 2.75) is 17.6 Å². The van der Waals surface area contributed by atoms with Crippen molar-refractivity contribution in [1.29, 1.82) is 0 Å². The number of sulfonamides is 1. The molecule has 0 radical (unpaired) electrons. The number of hydrogen-bond donors (Lipinski definition) is 1. The lowest BCUT2D eigenvalue weighted by molar-refractivity contribution is 0.460. The van der Waals surface area contributed by atoms with E-state index in [2.05, 4.69) is 4.98 Å². The van der Waals surface area contributed by atoms with Gasteiger partial charge in [-0.25, -0.2) is 13.4 Å². The molecule has 1 atom stereocenters. The zero-order chi connectivity index (χ0) is 15.0. The molecule has 1 fully saturated rings. The molecular formula is C13H18ClN3O2S3. The van der Waals surface area contributed by atoms with Crippen LogP contribution in [-0.2, 0) is 10.0 Å². The summed E-state index contributed by atoms with van der Waals surface area (Å²) in [5.41, 5.74) is 6.49. The van der Waals surface area contributed by atoms with E-state index in [1.54, 1.807) is 21.7 Å². The zero-order valence-corrected chi connectivity index (χ0v) is 15.3. The quantitative estimate of drug-likeness (QED) is 0.885. The van der Waals surface area contributed by atoms with Crippen LogP contribution in [0.2, 0.25) is 0 Å². The van der Waals surface area contributed by atoms with Gasteiger partial charge in [-0.15, -0.1) is 35.1 Å². The molecule has 0 saturated carbocycles. The van der Waals surface area contributed by atoms with Crippen molar-refractivity contribution in [3.8, 4) is 10.6 Å². The van der Waals surface area contributed by atoms with E-state index >= 15 is 0 Å². The molecule has 1 aliphatic heterocycles. The summed E-state index contributed by atoms with van der Waals surface area (Å²) in [6.45, 7) is 3.57. The van der Waals surface area contributed by atoms with Gasteiger partial charge in [0.25, 0.3) is 10.0 Å². The molecule has 22 heavy (non-hydrogen) atoms. The fraction of sp³-hybridized carbons (Fsp3) is 0.462. The third-order valence-corrected chi connectivity index (χ3v) is 7.84. The second-order valence-electron chi connectivity index (χ2n) is 5.12. The Morgan fingerprint density at radius 2 is 2.23 bits per heavy atom. The van der Waals surface area contributed by atoms with Crippen LogP contribution in [0.4, 0.5) is 0 Å². The summed E-state index contributed by atoms with van der Waals surface area (Å²) in [5, 5.41) is 2.94. The van der Waals surface area contributed by atoms with Crippen molar-refractivity contribution >= 4 is 45.1 Å². The predicted octanol–water partition coefficient (Wildman–Crippen LogP) is 2.57. The summed E-state index contributed by atoms with van der Waals surface area (Å²) >= 11 is 2.85. The Kier molecular flexibility index (Phi) is 5.63. The SMILES string of the molecule is Cc1nc(-c2ccc(S(=O)(=O)N3CCC(CN)C3)s2)cs1.Cl. The molecule has 5 nitrogen and oxygen atoms in total. The molecule has 1 saturated heterocycles. The van der Waals surface area contributed by atoms with E-state index in [0.717, 1.165) is 22.0 Å². The van der Waals surface area contributed by atoms with Crippen molar-refractivity contribution in [1.82, 2.24) is 9.29 Å². The van der Waals surface area contributed by atoms with Crippen molar-refractivity contribution in [2.75, 3.05) is 19.6 Å². The second kappa shape index (κ2) is 6.94. The summed E-state index contributed by atoms with van der Waals surface area (Å²) < 4.78 is 27.2. The van der Waals surface area contributed by atoms with Gasteiger partial charge in [-0.1, -0.05) is 0 Å². The first-order chi connectivity index (χ1) is 10.0.